The van der Waals surface area contributed by atoms with E-state index in [1.54, 1.807) is 6.20 Å². The van der Waals surface area contributed by atoms with Gasteiger partial charge in [-0.3, -0.25) is 4.40 Å². The quantitative estimate of drug-likeness (QED) is 0.581. The van der Waals surface area contributed by atoms with E-state index in [1.165, 1.54) is 0 Å². The van der Waals surface area contributed by atoms with Crippen LogP contribution in [0.25, 0.3) is 17.0 Å². The van der Waals surface area contributed by atoms with Gasteiger partial charge in [-0.2, -0.15) is 0 Å². The summed E-state index contributed by atoms with van der Waals surface area (Å²) in [5, 5.41) is 5.63. The molecule has 2 aromatic carbocycles. The largest absolute Gasteiger partial charge is 0.323 e. The van der Waals surface area contributed by atoms with Gasteiger partial charge < -0.3 is 10.6 Å². The molecule has 0 aliphatic heterocycles. The molecule has 0 saturated heterocycles. The second-order valence-electron chi connectivity index (χ2n) is 5.98. The van der Waals surface area contributed by atoms with Gasteiger partial charge in [0.05, 0.1) is 5.69 Å². The zero-order valence-electron chi connectivity index (χ0n) is 14.2. The van der Waals surface area contributed by atoms with Crippen LogP contribution in [-0.2, 0) is 0 Å². The van der Waals surface area contributed by atoms with Crippen molar-refractivity contribution < 1.29 is 4.79 Å². The molecule has 0 atom stereocenters. The van der Waals surface area contributed by atoms with Crippen LogP contribution in [0.3, 0.4) is 0 Å². The van der Waals surface area contributed by atoms with Crippen molar-refractivity contribution in [3.63, 3.8) is 0 Å². The van der Waals surface area contributed by atoms with Crippen molar-refractivity contribution in [1.29, 1.82) is 0 Å². The van der Waals surface area contributed by atoms with E-state index < -0.39 is 0 Å². The lowest BCUT2D eigenvalue weighted by Gasteiger charge is -2.08. The molecular formula is C20H17N5O. The van der Waals surface area contributed by atoms with Crippen LogP contribution < -0.4 is 10.6 Å². The third-order valence-corrected chi connectivity index (χ3v) is 3.98. The average molecular weight is 343 g/mol. The van der Waals surface area contributed by atoms with E-state index in [4.69, 9.17) is 0 Å². The number of benzene rings is 2. The maximum absolute atomic E-state index is 12.1. The first-order valence-corrected chi connectivity index (χ1v) is 8.22. The lowest BCUT2D eigenvalue weighted by Crippen LogP contribution is -2.19. The number of urea groups is 1. The van der Waals surface area contributed by atoms with Crippen LogP contribution in [0.15, 0.2) is 73.2 Å². The van der Waals surface area contributed by atoms with Crippen LogP contribution in [0, 0.1) is 6.92 Å². The smallest absolute Gasteiger partial charge is 0.308 e. The number of anilines is 2. The number of hydrogen-bond acceptors (Lipinski definition) is 3. The minimum Gasteiger partial charge on any atom is -0.308 e. The fourth-order valence-electron chi connectivity index (χ4n) is 2.62. The van der Waals surface area contributed by atoms with Gasteiger partial charge in [0.2, 0.25) is 5.78 Å². The fourth-order valence-corrected chi connectivity index (χ4v) is 2.62. The predicted octanol–water partition coefficient (Wildman–Crippen LogP) is 4.35. The highest BCUT2D eigenvalue weighted by molar-refractivity contribution is 5.99. The lowest BCUT2D eigenvalue weighted by atomic mass is 10.1. The van der Waals surface area contributed by atoms with Crippen molar-refractivity contribution >= 4 is 23.2 Å². The molecule has 26 heavy (non-hydrogen) atoms. The Hall–Kier alpha value is -3.67. The molecule has 2 heterocycles. The first-order valence-electron chi connectivity index (χ1n) is 8.22. The highest BCUT2D eigenvalue weighted by atomic mass is 16.2. The molecule has 0 radical (unpaired) electrons. The van der Waals surface area contributed by atoms with Gasteiger partial charge in [0.1, 0.15) is 0 Å². The van der Waals surface area contributed by atoms with Crippen LogP contribution in [0.1, 0.15) is 5.56 Å². The van der Waals surface area contributed by atoms with Gasteiger partial charge in [-0.05, 0) is 37.3 Å². The second-order valence-corrected chi connectivity index (χ2v) is 5.98. The molecule has 0 unspecified atom stereocenters. The van der Waals surface area contributed by atoms with Crippen LogP contribution in [0.5, 0.6) is 0 Å². The Labute approximate surface area is 150 Å². The zero-order valence-corrected chi connectivity index (χ0v) is 14.2. The number of nitrogens with one attached hydrogen (secondary N) is 2. The highest BCUT2D eigenvalue weighted by Gasteiger charge is 2.06. The molecule has 4 rings (SSSR count). The second kappa shape index (κ2) is 6.68. The molecule has 2 N–H and O–H groups in total. The number of fused-ring (bicyclic) bond motifs is 1. The molecule has 4 aromatic rings. The molecule has 0 spiro atoms. The number of hydrogen-bond donors (Lipinski definition) is 2. The summed E-state index contributed by atoms with van der Waals surface area (Å²) in [6.45, 7) is 2.00. The van der Waals surface area contributed by atoms with Gasteiger partial charge in [-0.25, -0.2) is 14.8 Å². The molecule has 2 amide bonds. The first kappa shape index (κ1) is 15.8. The van der Waals surface area contributed by atoms with Crippen molar-refractivity contribution in [2.45, 2.75) is 6.92 Å². The van der Waals surface area contributed by atoms with E-state index in [9.17, 15) is 4.79 Å². The fraction of sp³-hybridized carbons (Fsp3) is 0.0500. The van der Waals surface area contributed by atoms with Crippen molar-refractivity contribution in [2.24, 2.45) is 0 Å². The summed E-state index contributed by atoms with van der Waals surface area (Å²) in [6, 6.07) is 16.8. The topological polar surface area (TPSA) is 71.3 Å². The molecule has 6 nitrogen and oxygen atoms in total. The monoisotopic (exact) mass is 343 g/mol. The van der Waals surface area contributed by atoms with Crippen LogP contribution >= 0.6 is 0 Å². The summed E-state index contributed by atoms with van der Waals surface area (Å²) in [6.07, 6.45) is 5.55. The molecule has 2 aromatic heterocycles. The maximum atomic E-state index is 12.1. The van der Waals surface area contributed by atoms with Crippen LogP contribution in [0.4, 0.5) is 16.2 Å². The number of carbonyl (C=O) groups is 1. The summed E-state index contributed by atoms with van der Waals surface area (Å²) >= 11 is 0. The summed E-state index contributed by atoms with van der Waals surface area (Å²) in [4.78, 5) is 20.8. The van der Waals surface area contributed by atoms with E-state index in [1.807, 2.05) is 78.3 Å². The van der Waals surface area contributed by atoms with Crippen molar-refractivity contribution in [2.75, 3.05) is 10.6 Å². The van der Waals surface area contributed by atoms with Gasteiger partial charge in [-0.15, -0.1) is 0 Å². The number of amides is 2. The number of nitrogens with zero attached hydrogens (tertiary/aromatic N) is 3. The van der Waals surface area contributed by atoms with E-state index in [2.05, 4.69) is 20.6 Å². The summed E-state index contributed by atoms with van der Waals surface area (Å²) < 4.78 is 1.87. The minimum absolute atomic E-state index is 0.279. The molecule has 6 heteroatoms. The molecule has 0 fully saturated rings. The van der Waals surface area contributed by atoms with Gasteiger partial charge in [0, 0.05) is 35.5 Å². The number of aromatic nitrogens is 3. The summed E-state index contributed by atoms with van der Waals surface area (Å²) in [5.74, 6) is 0.655. The molecule has 0 saturated carbocycles. The number of rotatable bonds is 3. The van der Waals surface area contributed by atoms with E-state index in [0.29, 0.717) is 11.5 Å². The van der Waals surface area contributed by atoms with Gasteiger partial charge in [-0.1, -0.05) is 29.8 Å². The number of aryl methyl sites for hydroxylation is 1. The molecule has 128 valence electrons. The minimum atomic E-state index is -0.279. The Bertz CT molecular complexity index is 1020. The van der Waals surface area contributed by atoms with Gasteiger partial charge in [0.25, 0.3) is 0 Å². The zero-order chi connectivity index (χ0) is 17.9. The molecule has 0 aliphatic carbocycles. The van der Waals surface area contributed by atoms with E-state index in [-0.39, 0.29) is 6.03 Å². The Morgan fingerprint density at radius 3 is 2.27 bits per heavy atom. The van der Waals surface area contributed by atoms with E-state index in [0.717, 1.165) is 22.5 Å². The Kier molecular flexibility index (Phi) is 4.07. The van der Waals surface area contributed by atoms with Crippen LogP contribution in [-0.4, -0.2) is 20.4 Å². The Balaban J connectivity index is 1.45. The molecular weight excluding hydrogens is 326 g/mol. The van der Waals surface area contributed by atoms with Crippen LogP contribution in [0.2, 0.25) is 0 Å². The summed E-state index contributed by atoms with van der Waals surface area (Å²) in [7, 11) is 0. The normalized spacial score (nSPS) is 10.7. The number of imidazole rings is 1. The SMILES string of the molecule is Cc1ccc(NC(=O)Nc2ccc(-c3cn4cccnc4n3)cc2)cc1. The lowest BCUT2D eigenvalue weighted by molar-refractivity contribution is 0.262. The highest BCUT2D eigenvalue weighted by Crippen LogP contribution is 2.21. The van der Waals surface area contributed by atoms with E-state index >= 15 is 0 Å². The van der Waals surface area contributed by atoms with Crippen molar-refractivity contribution in [3.8, 4) is 11.3 Å². The summed E-state index contributed by atoms with van der Waals surface area (Å²) in [5.41, 5.74) is 4.40. The molecule has 0 bridgehead atoms. The Morgan fingerprint density at radius 2 is 1.62 bits per heavy atom. The van der Waals surface area contributed by atoms with Gasteiger partial charge in [0.15, 0.2) is 0 Å². The Morgan fingerprint density at radius 1 is 0.962 bits per heavy atom. The predicted molar refractivity (Wildman–Crippen MR) is 102 cm³/mol. The third-order valence-electron chi connectivity index (χ3n) is 3.98. The maximum Gasteiger partial charge on any atom is 0.323 e. The standard InChI is InChI=1S/C20H17N5O/c1-14-3-7-16(8-4-14)22-20(26)23-17-9-5-15(6-10-17)18-13-25-12-2-11-21-19(25)24-18/h2-13H,1H3,(H2,22,23,26). The van der Waals surface area contributed by atoms with Crippen molar-refractivity contribution in [3.05, 3.63) is 78.8 Å². The molecule has 0 aliphatic rings. The third kappa shape index (κ3) is 3.39. The first-order chi connectivity index (χ1) is 12.7. The number of carbonyl (C=O) groups excluding carboxylic acids is 1. The van der Waals surface area contributed by atoms with Gasteiger partial charge >= 0.3 is 6.03 Å². The average Bonchev–Trinajstić information content (AvgIpc) is 3.08. The van der Waals surface area contributed by atoms with Crippen molar-refractivity contribution in [1.82, 2.24) is 14.4 Å².